The van der Waals surface area contributed by atoms with Gasteiger partial charge in [-0.1, -0.05) is 66.2 Å². The van der Waals surface area contributed by atoms with Gasteiger partial charge in [0, 0.05) is 31.2 Å². The molecular formula is C21H38N2. The molecule has 0 bridgehead atoms. The summed E-state index contributed by atoms with van der Waals surface area (Å²) in [6.07, 6.45) is 14.5. The molecule has 0 radical (unpaired) electrons. The predicted molar refractivity (Wildman–Crippen MR) is 103 cm³/mol. The minimum atomic E-state index is 0.812. The molecule has 2 heteroatoms. The van der Waals surface area contributed by atoms with E-state index in [2.05, 4.69) is 49.7 Å². The van der Waals surface area contributed by atoms with Gasteiger partial charge < -0.3 is 4.90 Å². The Balaban J connectivity index is 2.76. The minimum Gasteiger partial charge on any atom is -0.371 e. The van der Waals surface area contributed by atoms with Crippen molar-refractivity contribution in [3.63, 3.8) is 0 Å². The van der Waals surface area contributed by atoms with E-state index in [1.165, 1.54) is 70.1 Å². The maximum Gasteiger partial charge on any atom is 0.0397 e. The highest BCUT2D eigenvalue weighted by atomic mass is 15.1. The number of nitrogens with zero attached hydrogens (tertiary/aromatic N) is 2. The molecule has 1 rings (SSSR count). The molecule has 132 valence electrons. The zero-order valence-electron chi connectivity index (χ0n) is 15.9. The summed E-state index contributed by atoms with van der Waals surface area (Å²) in [5.74, 6) is 1.62. The summed E-state index contributed by atoms with van der Waals surface area (Å²) < 4.78 is 0. The second-order valence-corrected chi connectivity index (χ2v) is 6.94. The smallest absolute Gasteiger partial charge is 0.0397 e. The second kappa shape index (κ2) is 12.4. The van der Waals surface area contributed by atoms with Gasteiger partial charge in [-0.15, -0.1) is 0 Å². The first-order valence-electron chi connectivity index (χ1n) is 9.89. The summed E-state index contributed by atoms with van der Waals surface area (Å²) in [6.45, 7) is 11.7. The lowest BCUT2D eigenvalue weighted by Crippen LogP contribution is -2.34. The number of rotatable bonds is 13. The van der Waals surface area contributed by atoms with Crippen LogP contribution in [0.15, 0.2) is 24.5 Å². The molecule has 0 aliphatic heterocycles. The maximum absolute atomic E-state index is 4.20. The van der Waals surface area contributed by atoms with Crippen molar-refractivity contribution in [3.05, 3.63) is 24.5 Å². The van der Waals surface area contributed by atoms with Crippen LogP contribution in [0.3, 0.4) is 0 Å². The highest BCUT2D eigenvalue weighted by Crippen LogP contribution is 2.23. The number of hydrogen-bond donors (Lipinski definition) is 0. The third kappa shape index (κ3) is 7.85. The van der Waals surface area contributed by atoms with Crippen molar-refractivity contribution in [3.8, 4) is 0 Å². The van der Waals surface area contributed by atoms with E-state index in [0.29, 0.717) is 0 Å². The Labute approximate surface area is 144 Å². The van der Waals surface area contributed by atoms with Gasteiger partial charge in [-0.25, -0.2) is 0 Å². The van der Waals surface area contributed by atoms with Gasteiger partial charge >= 0.3 is 0 Å². The van der Waals surface area contributed by atoms with Gasteiger partial charge in [-0.3, -0.25) is 4.98 Å². The fraction of sp³-hybridized carbons (Fsp3) is 0.762. The number of anilines is 1. The Morgan fingerprint density at radius 2 is 1.30 bits per heavy atom. The second-order valence-electron chi connectivity index (χ2n) is 6.94. The summed E-state index contributed by atoms with van der Waals surface area (Å²) in [7, 11) is 0. The van der Waals surface area contributed by atoms with Crippen LogP contribution in [0.25, 0.3) is 0 Å². The topological polar surface area (TPSA) is 16.1 Å². The van der Waals surface area contributed by atoms with E-state index in [4.69, 9.17) is 0 Å². The van der Waals surface area contributed by atoms with E-state index in [1.807, 2.05) is 12.4 Å². The Morgan fingerprint density at radius 1 is 0.826 bits per heavy atom. The first-order valence-corrected chi connectivity index (χ1v) is 9.89. The predicted octanol–water partition coefficient (Wildman–Crippen LogP) is 6.32. The van der Waals surface area contributed by atoms with Crippen molar-refractivity contribution in [1.82, 2.24) is 4.98 Å². The molecule has 1 heterocycles. The third-order valence-electron chi connectivity index (χ3n) is 5.07. The first-order chi connectivity index (χ1) is 11.2. The fourth-order valence-corrected chi connectivity index (χ4v) is 3.30. The zero-order valence-corrected chi connectivity index (χ0v) is 15.9. The van der Waals surface area contributed by atoms with Crippen LogP contribution < -0.4 is 4.90 Å². The van der Waals surface area contributed by atoms with Crippen LogP contribution in [0.5, 0.6) is 0 Å². The Bertz CT molecular complexity index is 359. The standard InChI is InChI=1S/C21H38N2/c1-5-9-11-19(7-3)17-23(21-13-15-22-16-14-21)18-20(8-4)12-10-6-2/h13-16,19-20H,5-12,17-18H2,1-4H3. The molecule has 0 aliphatic carbocycles. The quantitative estimate of drug-likeness (QED) is 0.423. The molecule has 0 fully saturated rings. The van der Waals surface area contributed by atoms with E-state index in [0.717, 1.165) is 11.8 Å². The van der Waals surface area contributed by atoms with Crippen molar-refractivity contribution < 1.29 is 0 Å². The Morgan fingerprint density at radius 3 is 1.70 bits per heavy atom. The Kier molecular flexibility index (Phi) is 10.8. The number of aromatic nitrogens is 1. The van der Waals surface area contributed by atoms with Gasteiger partial charge in [0.1, 0.15) is 0 Å². The maximum atomic E-state index is 4.20. The molecule has 1 aromatic rings. The molecular weight excluding hydrogens is 280 g/mol. The van der Waals surface area contributed by atoms with Gasteiger partial charge in [0.15, 0.2) is 0 Å². The van der Waals surface area contributed by atoms with Crippen LogP contribution in [0.1, 0.15) is 79.1 Å². The minimum absolute atomic E-state index is 0.812. The third-order valence-corrected chi connectivity index (χ3v) is 5.07. The summed E-state index contributed by atoms with van der Waals surface area (Å²) in [5.41, 5.74) is 1.35. The lowest BCUT2D eigenvalue weighted by Gasteiger charge is -2.32. The molecule has 0 saturated heterocycles. The number of unbranched alkanes of at least 4 members (excludes halogenated alkanes) is 2. The summed E-state index contributed by atoms with van der Waals surface area (Å²) in [4.78, 5) is 6.83. The van der Waals surface area contributed by atoms with E-state index in [9.17, 15) is 0 Å². The van der Waals surface area contributed by atoms with Gasteiger partial charge in [0.05, 0.1) is 0 Å². The molecule has 0 aliphatic rings. The lowest BCUT2D eigenvalue weighted by molar-refractivity contribution is 0.403. The molecule has 0 N–H and O–H groups in total. The fourth-order valence-electron chi connectivity index (χ4n) is 3.30. The van der Waals surface area contributed by atoms with E-state index in [1.54, 1.807) is 0 Å². The molecule has 23 heavy (non-hydrogen) atoms. The Hall–Kier alpha value is -1.05. The van der Waals surface area contributed by atoms with Gasteiger partial charge in [0.25, 0.3) is 0 Å². The van der Waals surface area contributed by atoms with Crippen molar-refractivity contribution >= 4 is 5.69 Å². The van der Waals surface area contributed by atoms with Crippen LogP contribution in [0.2, 0.25) is 0 Å². The molecule has 0 aromatic carbocycles. The van der Waals surface area contributed by atoms with E-state index in [-0.39, 0.29) is 0 Å². The molecule has 0 saturated carbocycles. The molecule has 0 amide bonds. The molecule has 2 nitrogen and oxygen atoms in total. The van der Waals surface area contributed by atoms with Crippen molar-refractivity contribution in [2.75, 3.05) is 18.0 Å². The van der Waals surface area contributed by atoms with Crippen LogP contribution in [-0.4, -0.2) is 18.1 Å². The van der Waals surface area contributed by atoms with Crippen LogP contribution in [0.4, 0.5) is 5.69 Å². The van der Waals surface area contributed by atoms with Gasteiger partial charge in [0.2, 0.25) is 0 Å². The van der Waals surface area contributed by atoms with Gasteiger partial charge in [-0.2, -0.15) is 0 Å². The molecule has 2 atom stereocenters. The number of pyridine rings is 1. The average molecular weight is 319 g/mol. The zero-order chi connectivity index (χ0) is 16.9. The first kappa shape index (κ1) is 20.0. The normalized spacial score (nSPS) is 13.7. The lowest BCUT2D eigenvalue weighted by atomic mass is 9.95. The van der Waals surface area contributed by atoms with Crippen molar-refractivity contribution in [2.45, 2.75) is 79.1 Å². The summed E-state index contributed by atoms with van der Waals surface area (Å²) in [5, 5.41) is 0. The highest BCUT2D eigenvalue weighted by molar-refractivity contribution is 5.44. The summed E-state index contributed by atoms with van der Waals surface area (Å²) in [6, 6.07) is 4.36. The largest absolute Gasteiger partial charge is 0.371 e. The van der Waals surface area contributed by atoms with Crippen LogP contribution in [-0.2, 0) is 0 Å². The van der Waals surface area contributed by atoms with E-state index >= 15 is 0 Å². The highest BCUT2D eigenvalue weighted by Gasteiger charge is 2.17. The van der Waals surface area contributed by atoms with Crippen molar-refractivity contribution in [2.24, 2.45) is 11.8 Å². The van der Waals surface area contributed by atoms with Gasteiger partial charge in [-0.05, 0) is 36.8 Å². The van der Waals surface area contributed by atoms with Crippen LogP contribution in [0, 0.1) is 11.8 Å². The van der Waals surface area contributed by atoms with E-state index < -0.39 is 0 Å². The van der Waals surface area contributed by atoms with Crippen LogP contribution >= 0.6 is 0 Å². The molecule has 0 spiro atoms. The van der Waals surface area contributed by atoms with Crippen molar-refractivity contribution in [1.29, 1.82) is 0 Å². The molecule has 1 aromatic heterocycles. The number of hydrogen-bond acceptors (Lipinski definition) is 2. The SMILES string of the molecule is CCCCC(CC)CN(CC(CC)CCCC)c1ccncc1. The average Bonchev–Trinajstić information content (AvgIpc) is 2.61. The monoisotopic (exact) mass is 318 g/mol. The molecule has 2 unspecified atom stereocenters. The summed E-state index contributed by atoms with van der Waals surface area (Å²) >= 11 is 0.